The number of piperidine rings is 1. The van der Waals surface area contributed by atoms with Crippen molar-refractivity contribution in [2.75, 3.05) is 51.2 Å². The van der Waals surface area contributed by atoms with Gasteiger partial charge in [-0.15, -0.1) is 0 Å². The fourth-order valence-electron chi connectivity index (χ4n) is 6.14. The van der Waals surface area contributed by atoms with Crippen molar-refractivity contribution < 1.29 is 23.1 Å². The highest BCUT2D eigenvalue weighted by Gasteiger charge is 2.45. The first-order valence-electron chi connectivity index (χ1n) is 13.2. The first kappa shape index (κ1) is 22.4. The van der Waals surface area contributed by atoms with E-state index in [1.807, 2.05) is 0 Å². The van der Waals surface area contributed by atoms with Gasteiger partial charge in [-0.25, -0.2) is 4.39 Å². The lowest BCUT2D eigenvalue weighted by molar-refractivity contribution is 0.0641. The third kappa shape index (κ3) is 4.20. The Bertz CT molecular complexity index is 1270. The quantitative estimate of drug-likeness (QED) is 0.455. The number of hydrogen-bond donors (Lipinski definition) is 0. The van der Waals surface area contributed by atoms with E-state index in [0.29, 0.717) is 30.4 Å². The summed E-state index contributed by atoms with van der Waals surface area (Å²) >= 11 is 0. The van der Waals surface area contributed by atoms with Gasteiger partial charge >= 0.3 is 0 Å². The second-order valence-electron chi connectivity index (χ2n) is 10.9. The summed E-state index contributed by atoms with van der Waals surface area (Å²) in [6.07, 6.45) is 6.78. The molecular weight excluding hydrogens is 461 g/mol. The molecule has 0 atom stereocenters. The zero-order chi connectivity index (χ0) is 24.1. The van der Waals surface area contributed by atoms with Gasteiger partial charge in [0, 0.05) is 47.6 Å². The third-order valence-corrected chi connectivity index (χ3v) is 8.40. The number of nitrogens with zero attached hydrogens (tertiary/aromatic N) is 3. The fraction of sp³-hybridized carbons (Fsp3) is 0.536. The van der Waals surface area contributed by atoms with Gasteiger partial charge in [0.05, 0.1) is 12.3 Å². The van der Waals surface area contributed by atoms with E-state index >= 15 is 0 Å². The summed E-state index contributed by atoms with van der Waals surface area (Å²) in [4.78, 5) is 4.93. The van der Waals surface area contributed by atoms with E-state index < -0.39 is 0 Å². The molecular formula is C28H32FN3O4. The molecule has 4 heterocycles. The van der Waals surface area contributed by atoms with Gasteiger partial charge in [0.25, 0.3) is 0 Å². The molecule has 7 nitrogen and oxygen atoms in total. The molecule has 3 aromatic rings. The van der Waals surface area contributed by atoms with Crippen LogP contribution in [0.1, 0.15) is 49.3 Å². The molecule has 0 amide bonds. The minimum Gasteiger partial charge on any atom is -0.454 e. The molecule has 1 aromatic heterocycles. The van der Waals surface area contributed by atoms with Crippen molar-refractivity contribution in [3.05, 3.63) is 47.4 Å². The van der Waals surface area contributed by atoms with Gasteiger partial charge < -0.3 is 28.5 Å². The first-order valence-corrected chi connectivity index (χ1v) is 13.2. The van der Waals surface area contributed by atoms with Crippen LogP contribution in [0.5, 0.6) is 11.5 Å². The number of fused-ring (bicyclic) bond motifs is 3. The second-order valence-corrected chi connectivity index (χ2v) is 10.9. The highest BCUT2D eigenvalue weighted by atomic mass is 19.1. The summed E-state index contributed by atoms with van der Waals surface area (Å²) < 4.78 is 36.4. The number of aromatic nitrogens is 1. The van der Waals surface area contributed by atoms with E-state index in [2.05, 4.69) is 27.1 Å². The summed E-state index contributed by atoms with van der Waals surface area (Å²) in [6, 6.07) is 8.97. The smallest absolute Gasteiger partial charge is 0.231 e. The molecule has 8 heteroatoms. The minimum atomic E-state index is -0.284. The van der Waals surface area contributed by atoms with Gasteiger partial charge in [-0.05, 0) is 75.4 Å². The van der Waals surface area contributed by atoms with Crippen LogP contribution in [-0.4, -0.2) is 56.4 Å². The Morgan fingerprint density at radius 3 is 2.72 bits per heavy atom. The van der Waals surface area contributed by atoms with Crippen LogP contribution in [0.4, 0.5) is 10.1 Å². The molecule has 1 saturated heterocycles. The van der Waals surface area contributed by atoms with Gasteiger partial charge in [0.15, 0.2) is 17.1 Å². The minimum absolute atomic E-state index is 0.284. The predicted molar refractivity (Wildman–Crippen MR) is 133 cm³/mol. The Hall–Kier alpha value is -2.84. The third-order valence-electron chi connectivity index (χ3n) is 8.40. The van der Waals surface area contributed by atoms with E-state index in [-0.39, 0.29) is 5.82 Å². The largest absolute Gasteiger partial charge is 0.454 e. The Balaban J connectivity index is 0.923. The molecule has 0 spiro atoms. The monoisotopic (exact) mass is 493 g/mol. The van der Waals surface area contributed by atoms with Crippen LogP contribution in [0.15, 0.2) is 34.9 Å². The zero-order valence-electron chi connectivity index (χ0n) is 20.5. The van der Waals surface area contributed by atoms with Crippen LogP contribution in [0, 0.1) is 11.2 Å². The maximum atomic E-state index is 13.5. The molecule has 3 aliphatic heterocycles. The van der Waals surface area contributed by atoms with Crippen molar-refractivity contribution in [3.8, 4) is 11.5 Å². The summed E-state index contributed by atoms with van der Waals surface area (Å²) in [5, 5.41) is 5.24. The van der Waals surface area contributed by atoms with E-state index in [0.717, 1.165) is 81.0 Å². The Kier molecular flexibility index (Phi) is 5.54. The molecule has 190 valence electrons. The van der Waals surface area contributed by atoms with Gasteiger partial charge in [-0.3, -0.25) is 0 Å². The zero-order valence-corrected chi connectivity index (χ0v) is 20.5. The molecule has 4 aliphatic rings. The lowest BCUT2D eigenvalue weighted by Gasteiger charge is -2.35. The maximum absolute atomic E-state index is 13.5. The first-order chi connectivity index (χ1) is 17.7. The Morgan fingerprint density at radius 1 is 1.06 bits per heavy atom. The number of ether oxygens (including phenoxy) is 3. The maximum Gasteiger partial charge on any atom is 0.231 e. The number of benzene rings is 2. The predicted octanol–water partition coefficient (Wildman–Crippen LogP) is 5.08. The fourth-order valence-corrected chi connectivity index (χ4v) is 6.14. The van der Waals surface area contributed by atoms with Gasteiger partial charge in [-0.1, -0.05) is 5.16 Å². The normalized spacial score (nSPS) is 21.2. The summed E-state index contributed by atoms with van der Waals surface area (Å²) in [5.74, 6) is 1.79. The van der Waals surface area contributed by atoms with E-state index in [1.54, 1.807) is 6.07 Å². The van der Waals surface area contributed by atoms with Crippen molar-refractivity contribution >= 4 is 16.7 Å². The number of rotatable bonds is 7. The van der Waals surface area contributed by atoms with Crippen molar-refractivity contribution in [2.45, 2.75) is 44.4 Å². The van der Waals surface area contributed by atoms with Crippen molar-refractivity contribution in [3.63, 3.8) is 0 Å². The van der Waals surface area contributed by atoms with Crippen molar-refractivity contribution in [1.82, 2.24) is 10.1 Å². The topological polar surface area (TPSA) is 60.2 Å². The molecule has 0 radical (unpaired) electrons. The highest BCUT2D eigenvalue weighted by Crippen LogP contribution is 2.47. The molecule has 7 rings (SSSR count). The second kappa shape index (κ2) is 8.92. The molecule has 0 unspecified atom stereocenters. The molecule has 1 aliphatic carbocycles. The molecule has 0 N–H and O–H groups in total. The molecule has 2 fully saturated rings. The molecule has 0 bridgehead atoms. The number of halogens is 1. The SMILES string of the molecule is Fc1ccc2c(C3CCN(CC4(COCN5CCCc6cc7c(cc65)OCO7)CC4)CC3)noc2c1. The van der Waals surface area contributed by atoms with Crippen LogP contribution < -0.4 is 14.4 Å². The van der Waals surface area contributed by atoms with Crippen LogP contribution in [0.3, 0.4) is 0 Å². The van der Waals surface area contributed by atoms with E-state index in [1.165, 1.54) is 36.2 Å². The highest BCUT2D eigenvalue weighted by molar-refractivity contribution is 5.79. The standard InChI is InChI=1S/C28H32FN3O4/c29-21-3-4-22-24(13-21)36-30-27(22)19-5-10-31(11-6-19)15-28(7-8-28)16-33-17-32-9-1-2-20-12-25-26(14-23(20)32)35-18-34-25/h3-4,12-14,19H,1-2,5-11,15-18H2. The van der Waals surface area contributed by atoms with Crippen LogP contribution in [0.2, 0.25) is 0 Å². The summed E-state index contributed by atoms with van der Waals surface area (Å²) in [7, 11) is 0. The molecule has 2 aromatic carbocycles. The van der Waals surface area contributed by atoms with Gasteiger partial charge in [0.1, 0.15) is 12.5 Å². The molecule has 1 saturated carbocycles. The lowest BCUT2D eigenvalue weighted by atomic mass is 9.91. The van der Waals surface area contributed by atoms with Crippen molar-refractivity contribution in [2.24, 2.45) is 5.41 Å². The van der Waals surface area contributed by atoms with E-state index in [9.17, 15) is 4.39 Å². The van der Waals surface area contributed by atoms with Gasteiger partial charge in [-0.2, -0.15) is 0 Å². The average molecular weight is 494 g/mol. The average Bonchev–Trinajstić information content (AvgIpc) is 3.29. The molecule has 36 heavy (non-hydrogen) atoms. The van der Waals surface area contributed by atoms with Crippen molar-refractivity contribution in [1.29, 1.82) is 0 Å². The summed E-state index contributed by atoms with van der Waals surface area (Å²) in [6.45, 7) is 5.95. The number of aryl methyl sites for hydroxylation is 1. The van der Waals surface area contributed by atoms with Crippen LogP contribution >= 0.6 is 0 Å². The Labute approximate surface area is 210 Å². The Morgan fingerprint density at radius 2 is 1.89 bits per heavy atom. The van der Waals surface area contributed by atoms with Gasteiger partial charge in [0.2, 0.25) is 6.79 Å². The summed E-state index contributed by atoms with van der Waals surface area (Å²) in [5.41, 5.74) is 4.36. The number of likely N-dealkylation sites (tertiary alicyclic amines) is 1. The van der Waals surface area contributed by atoms with Crippen LogP contribution in [-0.2, 0) is 11.2 Å². The number of hydrogen-bond acceptors (Lipinski definition) is 7. The van der Waals surface area contributed by atoms with Crippen LogP contribution in [0.25, 0.3) is 11.0 Å². The lowest BCUT2D eigenvalue weighted by Crippen LogP contribution is -2.39. The van der Waals surface area contributed by atoms with E-state index in [4.69, 9.17) is 18.7 Å². The number of anilines is 1.